The number of esters is 1. The van der Waals surface area contributed by atoms with Gasteiger partial charge in [0.1, 0.15) is 12.3 Å². The van der Waals surface area contributed by atoms with Gasteiger partial charge in [-0.15, -0.1) is 0 Å². The Morgan fingerprint density at radius 3 is 2.50 bits per heavy atom. The molecule has 188 valence electrons. The van der Waals surface area contributed by atoms with Crippen LogP contribution in [0.3, 0.4) is 0 Å². The third kappa shape index (κ3) is 6.01. The molecule has 0 atom stereocenters. The minimum atomic E-state index is -0.509. The number of halogens is 2. The van der Waals surface area contributed by atoms with E-state index in [4.69, 9.17) is 9.47 Å². The Morgan fingerprint density at radius 1 is 1.11 bits per heavy atom. The second kappa shape index (κ2) is 11.6. The highest BCUT2D eigenvalue weighted by Crippen LogP contribution is 2.38. The van der Waals surface area contributed by atoms with Gasteiger partial charge in [-0.3, -0.25) is 19.3 Å². The van der Waals surface area contributed by atoms with E-state index in [1.54, 1.807) is 30.0 Å². The van der Waals surface area contributed by atoms with Crippen molar-refractivity contribution < 1.29 is 28.7 Å². The highest BCUT2D eigenvalue weighted by molar-refractivity contribution is 9.11. The molecule has 3 amide bonds. The third-order valence-electron chi connectivity index (χ3n) is 5.61. The van der Waals surface area contributed by atoms with Crippen molar-refractivity contribution in [2.24, 2.45) is 0 Å². The molecule has 0 bridgehead atoms. The van der Waals surface area contributed by atoms with E-state index in [0.29, 0.717) is 33.3 Å². The van der Waals surface area contributed by atoms with E-state index < -0.39 is 17.1 Å². The molecule has 0 N–H and O–H groups in total. The van der Waals surface area contributed by atoms with Crippen LogP contribution in [0.4, 0.5) is 4.79 Å². The number of fused-ring (bicyclic) bond motifs is 1. The molecular weight excluding hydrogens is 616 g/mol. The quantitative estimate of drug-likeness (QED) is 0.319. The van der Waals surface area contributed by atoms with Crippen LogP contribution in [0.25, 0.3) is 6.08 Å². The molecule has 8 nitrogen and oxygen atoms in total. The molecule has 0 unspecified atom stereocenters. The fourth-order valence-corrected chi connectivity index (χ4v) is 6.16. The maximum atomic E-state index is 13.0. The molecule has 0 aliphatic carbocycles. The minimum Gasteiger partial charge on any atom is -0.480 e. The zero-order chi connectivity index (χ0) is 25.8. The van der Waals surface area contributed by atoms with Crippen LogP contribution in [-0.2, 0) is 32.1 Å². The maximum Gasteiger partial charge on any atom is 0.344 e. The van der Waals surface area contributed by atoms with Crippen LogP contribution in [-0.4, -0.2) is 59.1 Å². The number of hydrogen-bond acceptors (Lipinski definition) is 7. The highest BCUT2D eigenvalue weighted by atomic mass is 79.9. The van der Waals surface area contributed by atoms with E-state index >= 15 is 0 Å². The smallest absolute Gasteiger partial charge is 0.344 e. The summed E-state index contributed by atoms with van der Waals surface area (Å²) in [5, 5.41) is -0.482. The summed E-state index contributed by atoms with van der Waals surface area (Å²) in [7, 11) is 0. The van der Waals surface area contributed by atoms with Crippen LogP contribution >= 0.6 is 43.6 Å². The summed E-state index contributed by atoms with van der Waals surface area (Å²) >= 11 is 7.61. The number of imide groups is 1. The van der Waals surface area contributed by atoms with Gasteiger partial charge in [0, 0.05) is 13.1 Å². The van der Waals surface area contributed by atoms with Gasteiger partial charge >= 0.3 is 5.97 Å². The summed E-state index contributed by atoms with van der Waals surface area (Å²) in [6.45, 7) is 2.44. The molecule has 2 aromatic carbocycles. The van der Waals surface area contributed by atoms with E-state index in [1.807, 2.05) is 24.3 Å². The van der Waals surface area contributed by atoms with Crippen LogP contribution < -0.4 is 4.74 Å². The van der Waals surface area contributed by atoms with Crippen molar-refractivity contribution >= 4 is 72.7 Å². The standard InChI is InChI=1S/C25H22Br2N2O6S/c1-2-34-22(31)14-35-23-18(26)9-15(10-19(23)27)11-20-24(32)29(25(33)36-20)13-21(30)28-8-7-16-5-3-4-6-17(16)12-28/h3-6,9-11H,2,7-8,12-14H2,1H3/b20-11-. The fourth-order valence-electron chi connectivity index (χ4n) is 3.87. The second-order valence-electron chi connectivity index (χ2n) is 8.01. The molecule has 1 saturated heterocycles. The summed E-state index contributed by atoms with van der Waals surface area (Å²) in [5.41, 5.74) is 2.92. The summed E-state index contributed by atoms with van der Waals surface area (Å²) in [6, 6.07) is 11.4. The van der Waals surface area contributed by atoms with Crippen molar-refractivity contribution in [3.63, 3.8) is 0 Å². The number of benzene rings is 2. The topological polar surface area (TPSA) is 93.2 Å². The Labute approximate surface area is 229 Å². The molecule has 36 heavy (non-hydrogen) atoms. The Morgan fingerprint density at radius 2 is 1.81 bits per heavy atom. The molecule has 0 spiro atoms. The molecule has 4 rings (SSSR count). The first-order valence-electron chi connectivity index (χ1n) is 11.1. The second-order valence-corrected chi connectivity index (χ2v) is 10.7. The first-order chi connectivity index (χ1) is 17.3. The van der Waals surface area contributed by atoms with Crippen molar-refractivity contribution in [1.82, 2.24) is 9.80 Å². The summed E-state index contributed by atoms with van der Waals surface area (Å²) < 4.78 is 11.5. The molecule has 0 aromatic heterocycles. The zero-order valence-corrected chi connectivity index (χ0v) is 23.3. The molecule has 2 aliphatic heterocycles. The third-order valence-corrected chi connectivity index (χ3v) is 7.69. The Bertz CT molecular complexity index is 1240. The molecule has 2 aliphatic rings. The number of carbonyl (C=O) groups is 4. The van der Waals surface area contributed by atoms with E-state index in [0.717, 1.165) is 28.6 Å². The molecule has 11 heteroatoms. The summed E-state index contributed by atoms with van der Waals surface area (Å²) in [5.74, 6) is -0.855. The number of ether oxygens (including phenoxy) is 2. The number of hydrogen-bond donors (Lipinski definition) is 0. The lowest BCUT2D eigenvalue weighted by atomic mass is 10.00. The number of carbonyl (C=O) groups excluding carboxylic acids is 4. The van der Waals surface area contributed by atoms with Crippen LogP contribution in [0.2, 0.25) is 0 Å². The molecule has 0 saturated carbocycles. The highest BCUT2D eigenvalue weighted by Gasteiger charge is 2.37. The number of amides is 3. The lowest BCUT2D eigenvalue weighted by molar-refractivity contribution is -0.145. The lowest BCUT2D eigenvalue weighted by Gasteiger charge is -2.29. The first kappa shape index (κ1) is 26.4. The Hall–Kier alpha value is -2.63. The molecule has 0 radical (unpaired) electrons. The Balaban J connectivity index is 1.43. The van der Waals surface area contributed by atoms with Gasteiger partial charge < -0.3 is 14.4 Å². The average Bonchev–Trinajstić information content (AvgIpc) is 3.10. The van der Waals surface area contributed by atoms with Crippen molar-refractivity contribution in [2.75, 3.05) is 26.3 Å². The predicted molar refractivity (Wildman–Crippen MR) is 142 cm³/mol. The predicted octanol–water partition coefficient (Wildman–Crippen LogP) is 4.77. The molecule has 1 fully saturated rings. The van der Waals surface area contributed by atoms with Crippen molar-refractivity contribution in [1.29, 1.82) is 0 Å². The monoisotopic (exact) mass is 636 g/mol. The maximum absolute atomic E-state index is 13.0. The zero-order valence-electron chi connectivity index (χ0n) is 19.3. The van der Waals surface area contributed by atoms with E-state index in [1.165, 1.54) is 5.56 Å². The number of thioether (sulfide) groups is 1. The van der Waals surface area contributed by atoms with Gasteiger partial charge in [-0.05, 0) is 91.9 Å². The van der Waals surface area contributed by atoms with Crippen molar-refractivity contribution in [2.45, 2.75) is 19.9 Å². The van der Waals surface area contributed by atoms with Crippen molar-refractivity contribution in [3.8, 4) is 5.75 Å². The summed E-state index contributed by atoms with van der Waals surface area (Å²) in [4.78, 5) is 52.9. The van der Waals surface area contributed by atoms with Gasteiger partial charge in [0.05, 0.1) is 20.5 Å². The van der Waals surface area contributed by atoms with Gasteiger partial charge in [-0.25, -0.2) is 4.79 Å². The minimum absolute atomic E-state index is 0.218. The van der Waals surface area contributed by atoms with Crippen LogP contribution in [0.5, 0.6) is 5.75 Å². The van der Waals surface area contributed by atoms with Crippen molar-refractivity contribution in [3.05, 3.63) is 66.9 Å². The van der Waals surface area contributed by atoms with Crippen LogP contribution in [0.15, 0.2) is 50.2 Å². The normalized spacial score (nSPS) is 16.4. The van der Waals surface area contributed by atoms with Crippen LogP contribution in [0, 0.1) is 0 Å². The molecule has 2 aromatic rings. The lowest BCUT2D eigenvalue weighted by Crippen LogP contribution is -2.44. The van der Waals surface area contributed by atoms with Gasteiger partial charge in [0.25, 0.3) is 11.1 Å². The van der Waals surface area contributed by atoms with Gasteiger partial charge in [0.15, 0.2) is 6.61 Å². The molecular formula is C25H22Br2N2O6S. The van der Waals surface area contributed by atoms with E-state index in [2.05, 4.69) is 31.9 Å². The van der Waals surface area contributed by atoms with E-state index in [9.17, 15) is 19.2 Å². The number of rotatable bonds is 7. The SMILES string of the molecule is CCOC(=O)COc1c(Br)cc(/C=C2\SC(=O)N(CC(=O)N3CCc4ccccc4C3)C2=O)cc1Br. The summed E-state index contributed by atoms with van der Waals surface area (Å²) in [6.07, 6.45) is 2.32. The first-order valence-corrected chi connectivity index (χ1v) is 13.5. The number of nitrogens with zero attached hydrogens (tertiary/aromatic N) is 2. The van der Waals surface area contributed by atoms with Gasteiger partial charge in [-0.2, -0.15) is 0 Å². The average molecular weight is 638 g/mol. The van der Waals surface area contributed by atoms with Crippen LogP contribution in [0.1, 0.15) is 23.6 Å². The van der Waals surface area contributed by atoms with Gasteiger partial charge in [0.2, 0.25) is 5.91 Å². The molecule has 2 heterocycles. The Kier molecular flexibility index (Phi) is 8.53. The largest absolute Gasteiger partial charge is 0.480 e. The fraction of sp³-hybridized carbons (Fsp3) is 0.280. The van der Waals surface area contributed by atoms with E-state index in [-0.39, 0.29) is 30.6 Å². The van der Waals surface area contributed by atoms with Gasteiger partial charge in [-0.1, -0.05) is 24.3 Å².